The summed E-state index contributed by atoms with van der Waals surface area (Å²) in [5.74, 6) is -0.407. The third kappa shape index (κ3) is 4.84. The number of aromatic nitrogens is 2. The Kier molecular flexibility index (Phi) is 6.02. The van der Waals surface area contributed by atoms with Gasteiger partial charge in [-0.05, 0) is 54.4 Å². The molecule has 4 rings (SSSR count). The number of carbonyl (C=O) groups excluding carboxylic acids is 1. The van der Waals surface area contributed by atoms with Crippen molar-refractivity contribution in [1.82, 2.24) is 15.3 Å². The monoisotopic (exact) mass is 470 g/mol. The molecule has 0 aliphatic rings. The Balaban J connectivity index is 1.50. The lowest BCUT2D eigenvalue weighted by Gasteiger charge is -2.13. The van der Waals surface area contributed by atoms with E-state index in [2.05, 4.69) is 20.0 Å². The van der Waals surface area contributed by atoms with Crippen molar-refractivity contribution in [3.8, 4) is 0 Å². The molecular formula is C22H19ClN4O4S. The van der Waals surface area contributed by atoms with E-state index in [0.29, 0.717) is 29.0 Å². The number of rotatable bonds is 7. The number of hydrogen-bond donors (Lipinski definition) is 4. The molecule has 164 valence electrons. The van der Waals surface area contributed by atoms with Crippen molar-refractivity contribution in [2.45, 2.75) is 11.3 Å². The Morgan fingerprint density at radius 2 is 1.72 bits per heavy atom. The van der Waals surface area contributed by atoms with Crippen LogP contribution in [0, 0.1) is 0 Å². The topological polar surface area (TPSA) is 124 Å². The van der Waals surface area contributed by atoms with Crippen molar-refractivity contribution in [3.05, 3.63) is 93.4 Å². The number of benzene rings is 3. The largest absolute Gasteiger partial charge is 0.352 e. The number of carbonyl (C=O) groups is 1. The van der Waals surface area contributed by atoms with Crippen molar-refractivity contribution < 1.29 is 13.2 Å². The zero-order valence-corrected chi connectivity index (χ0v) is 18.3. The number of imidazole rings is 1. The summed E-state index contributed by atoms with van der Waals surface area (Å²) in [6, 6.07) is 17.9. The van der Waals surface area contributed by atoms with Gasteiger partial charge in [0, 0.05) is 11.6 Å². The van der Waals surface area contributed by atoms with Gasteiger partial charge in [-0.1, -0.05) is 35.9 Å². The Bertz CT molecular complexity index is 1460. The van der Waals surface area contributed by atoms with Crippen LogP contribution in [-0.2, 0) is 16.4 Å². The molecule has 32 heavy (non-hydrogen) atoms. The van der Waals surface area contributed by atoms with Gasteiger partial charge in [0.1, 0.15) is 0 Å². The minimum Gasteiger partial charge on any atom is -0.352 e. The number of anilines is 1. The van der Waals surface area contributed by atoms with Crippen molar-refractivity contribution >= 4 is 44.3 Å². The number of nitrogens with one attached hydrogen (secondary N) is 4. The summed E-state index contributed by atoms with van der Waals surface area (Å²) in [6.07, 6.45) is 0.578. The first-order valence-corrected chi connectivity index (χ1v) is 11.5. The summed E-state index contributed by atoms with van der Waals surface area (Å²) < 4.78 is 28.3. The van der Waals surface area contributed by atoms with Crippen LogP contribution in [0.1, 0.15) is 15.9 Å². The molecule has 0 aliphatic carbocycles. The fourth-order valence-corrected chi connectivity index (χ4v) is 4.58. The molecular weight excluding hydrogens is 452 g/mol. The van der Waals surface area contributed by atoms with Crippen LogP contribution in [0.5, 0.6) is 0 Å². The summed E-state index contributed by atoms with van der Waals surface area (Å²) in [4.78, 5) is 29.2. The second-order valence-electron chi connectivity index (χ2n) is 7.07. The summed E-state index contributed by atoms with van der Waals surface area (Å²) >= 11 is 5.98. The molecule has 8 nitrogen and oxygen atoms in total. The van der Waals surface area contributed by atoms with E-state index in [4.69, 9.17) is 11.6 Å². The fourth-order valence-electron chi connectivity index (χ4n) is 3.26. The predicted octanol–water partition coefficient (Wildman–Crippen LogP) is 3.28. The summed E-state index contributed by atoms with van der Waals surface area (Å²) in [5, 5.41) is 3.42. The predicted molar refractivity (Wildman–Crippen MR) is 124 cm³/mol. The number of fused-ring (bicyclic) bond motifs is 1. The molecule has 0 saturated heterocycles. The second-order valence-corrected chi connectivity index (χ2v) is 9.19. The molecule has 4 N–H and O–H groups in total. The normalized spacial score (nSPS) is 11.4. The van der Waals surface area contributed by atoms with Crippen molar-refractivity contribution in [1.29, 1.82) is 0 Å². The van der Waals surface area contributed by atoms with Gasteiger partial charge >= 0.3 is 5.69 Å². The molecule has 10 heteroatoms. The van der Waals surface area contributed by atoms with Gasteiger partial charge in [-0.3, -0.25) is 9.52 Å². The first kappa shape index (κ1) is 21.7. The molecule has 0 saturated carbocycles. The fraction of sp³-hybridized carbons (Fsp3) is 0.0909. The van der Waals surface area contributed by atoms with Crippen LogP contribution in [0.15, 0.2) is 76.4 Å². The maximum Gasteiger partial charge on any atom is 0.323 e. The number of sulfonamides is 1. The highest BCUT2D eigenvalue weighted by atomic mass is 35.5. The van der Waals surface area contributed by atoms with E-state index in [0.717, 1.165) is 5.56 Å². The van der Waals surface area contributed by atoms with Gasteiger partial charge in [-0.15, -0.1) is 0 Å². The van der Waals surface area contributed by atoms with Gasteiger partial charge in [-0.25, -0.2) is 13.2 Å². The Labute approximate surface area is 188 Å². The van der Waals surface area contributed by atoms with E-state index < -0.39 is 21.6 Å². The number of aromatic amines is 2. The third-order valence-electron chi connectivity index (χ3n) is 4.80. The Morgan fingerprint density at radius 1 is 0.938 bits per heavy atom. The van der Waals surface area contributed by atoms with Gasteiger partial charge in [-0.2, -0.15) is 0 Å². The highest BCUT2D eigenvalue weighted by Gasteiger charge is 2.19. The van der Waals surface area contributed by atoms with E-state index in [9.17, 15) is 18.0 Å². The van der Waals surface area contributed by atoms with E-state index in [1.54, 1.807) is 24.3 Å². The molecule has 0 bridgehead atoms. The first-order chi connectivity index (χ1) is 15.3. The first-order valence-electron chi connectivity index (χ1n) is 9.68. The average molecular weight is 471 g/mol. The number of halogens is 1. The second kappa shape index (κ2) is 8.89. The molecule has 4 aromatic rings. The van der Waals surface area contributed by atoms with Crippen LogP contribution in [0.4, 0.5) is 5.69 Å². The van der Waals surface area contributed by atoms with Gasteiger partial charge in [0.2, 0.25) is 0 Å². The standard InChI is InChI=1S/C22H19ClN4O4S/c23-15-5-3-4-14(12-15)10-11-24-21(28)17-6-1-2-7-18(17)27-32(30,31)16-8-9-19-20(13-16)26-22(29)25-19/h1-9,12-13,27H,10-11H2,(H,24,28)(H2,25,26,29). The van der Waals surface area contributed by atoms with Crippen molar-refractivity contribution in [2.24, 2.45) is 0 Å². The van der Waals surface area contributed by atoms with Crippen LogP contribution < -0.4 is 15.7 Å². The van der Waals surface area contributed by atoms with Crippen molar-refractivity contribution in [2.75, 3.05) is 11.3 Å². The van der Waals surface area contributed by atoms with Crippen molar-refractivity contribution in [3.63, 3.8) is 0 Å². The highest BCUT2D eigenvalue weighted by molar-refractivity contribution is 7.92. The van der Waals surface area contributed by atoms with Crippen LogP contribution in [0.25, 0.3) is 11.0 Å². The van der Waals surface area contributed by atoms with E-state index >= 15 is 0 Å². The maximum atomic E-state index is 12.9. The lowest BCUT2D eigenvalue weighted by atomic mass is 10.1. The van der Waals surface area contributed by atoms with Crippen LogP contribution >= 0.6 is 11.6 Å². The lowest BCUT2D eigenvalue weighted by Crippen LogP contribution is -2.27. The summed E-state index contributed by atoms with van der Waals surface area (Å²) in [6.45, 7) is 0.359. The minimum absolute atomic E-state index is 0.0450. The molecule has 0 radical (unpaired) electrons. The molecule has 1 aromatic heterocycles. The molecule has 0 unspecified atom stereocenters. The molecule has 0 atom stereocenters. The highest BCUT2D eigenvalue weighted by Crippen LogP contribution is 2.22. The van der Waals surface area contributed by atoms with E-state index in [-0.39, 0.29) is 16.1 Å². The summed E-state index contributed by atoms with van der Waals surface area (Å²) in [7, 11) is -4.00. The quantitative estimate of drug-likeness (QED) is 0.331. The van der Waals surface area contributed by atoms with E-state index in [1.165, 1.54) is 24.3 Å². The molecule has 1 amide bonds. The number of H-pyrrole nitrogens is 2. The SMILES string of the molecule is O=C(NCCc1cccc(Cl)c1)c1ccccc1NS(=O)(=O)c1ccc2[nH]c(=O)[nH]c2c1. The van der Waals surface area contributed by atoms with Gasteiger partial charge in [0.05, 0.1) is 27.2 Å². The Morgan fingerprint density at radius 3 is 2.53 bits per heavy atom. The number of amides is 1. The lowest BCUT2D eigenvalue weighted by molar-refractivity contribution is 0.0955. The summed E-state index contributed by atoms with van der Waals surface area (Å²) in [5.41, 5.74) is 1.75. The minimum atomic E-state index is -4.00. The smallest absolute Gasteiger partial charge is 0.323 e. The maximum absolute atomic E-state index is 12.9. The zero-order valence-electron chi connectivity index (χ0n) is 16.7. The van der Waals surface area contributed by atoms with E-state index in [1.807, 2.05) is 18.2 Å². The van der Waals surface area contributed by atoms with Gasteiger partial charge in [0.15, 0.2) is 0 Å². The molecule has 3 aromatic carbocycles. The molecule has 0 aliphatic heterocycles. The van der Waals surface area contributed by atoms with Gasteiger partial charge in [0.25, 0.3) is 15.9 Å². The third-order valence-corrected chi connectivity index (χ3v) is 6.40. The van der Waals surface area contributed by atoms with Gasteiger partial charge < -0.3 is 15.3 Å². The molecule has 1 heterocycles. The van der Waals surface area contributed by atoms with Crippen LogP contribution in [0.3, 0.4) is 0 Å². The molecule has 0 fully saturated rings. The zero-order chi connectivity index (χ0) is 22.7. The Hall–Kier alpha value is -3.56. The van der Waals surface area contributed by atoms with Crippen LogP contribution in [-0.4, -0.2) is 30.8 Å². The number of hydrogen-bond acceptors (Lipinski definition) is 4. The number of para-hydroxylation sites is 1. The average Bonchev–Trinajstić information content (AvgIpc) is 3.13. The molecule has 0 spiro atoms. The van der Waals surface area contributed by atoms with Crippen LogP contribution in [0.2, 0.25) is 5.02 Å².